The highest BCUT2D eigenvalue weighted by Crippen LogP contribution is 2.38. The Kier molecular flexibility index (Phi) is 5.54. The molecule has 1 aromatic heterocycles. The maximum Gasteiger partial charge on any atom is 0.251 e. The first kappa shape index (κ1) is 17.4. The predicted octanol–water partition coefficient (Wildman–Crippen LogP) is 2.78. The van der Waals surface area contributed by atoms with Crippen molar-refractivity contribution in [1.29, 1.82) is 0 Å². The molecule has 2 aliphatic rings. The van der Waals surface area contributed by atoms with E-state index in [2.05, 4.69) is 10.2 Å². The molecule has 0 spiro atoms. The van der Waals surface area contributed by atoms with Crippen LogP contribution in [-0.4, -0.2) is 44.8 Å². The fourth-order valence-corrected chi connectivity index (χ4v) is 3.54. The zero-order valence-corrected chi connectivity index (χ0v) is 15.2. The summed E-state index contributed by atoms with van der Waals surface area (Å²) in [4.78, 5) is 14.3. The Bertz CT molecular complexity index is 559. The van der Waals surface area contributed by atoms with Crippen LogP contribution in [0.3, 0.4) is 0 Å². The lowest BCUT2D eigenvalue weighted by molar-refractivity contribution is -0.146. The average Bonchev–Trinajstić information content (AvgIpc) is 3.37. The van der Waals surface area contributed by atoms with E-state index < -0.39 is 6.10 Å². The van der Waals surface area contributed by atoms with Crippen molar-refractivity contribution in [2.24, 2.45) is 7.05 Å². The molecule has 1 amide bonds. The smallest absolute Gasteiger partial charge is 0.251 e. The molecule has 24 heavy (non-hydrogen) atoms. The number of hydrogen-bond acceptors (Lipinski definition) is 4. The van der Waals surface area contributed by atoms with Crippen molar-refractivity contribution < 1.29 is 9.53 Å². The molecule has 2 fully saturated rings. The Morgan fingerprint density at radius 3 is 2.50 bits per heavy atom. The van der Waals surface area contributed by atoms with Gasteiger partial charge in [0.25, 0.3) is 5.91 Å². The molecule has 1 atom stereocenters. The van der Waals surface area contributed by atoms with Gasteiger partial charge in [-0.05, 0) is 32.6 Å². The molecule has 6 heteroatoms. The molecule has 6 nitrogen and oxygen atoms in total. The van der Waals surface area contributed by atoms with Crippen LogP contribution in [0.2, 0.25) is 0 Å². The molecule has 2 saturated carbocycles. The summed E-state index contributed by atoms with van der Waals surface area (Å²) < 4.78 is 8.08. The number of amides is 1. The molecule has 1 aromatic rings. The zero-order chi connectivity index (χ0) is 17.1. The van der Waals surface area contributed by atoms with Gasteiger partial charge in [-0.1, -0.05) is 25.7 Å². The second-order valence-electron chi connectivity index (χ2n) is 7.39. The first-order valence-electron chi connectivity index (χ1n) is 9.35. The van der Waals surface area contributed by atoms with Crippen molar-refractivity contribution >= 4 is 5.91 Å². The Hall–Kier alpha value is -1.43. The lowest BCUT2D eigenvalue weighted by atomic mass is 10.1. The van der Waals surface area contributed by atoms with Gasteiger partial charge in [0.2, 0.25) is 0 Å². The van der Waals surface area contributed by atoms with Gasteiger partial charge >= 0.3 is 0 Å². The normalized spacial score (nSPS) is 20.6. The van der Waals surface area contributed by atoms with Gasteiger partial charge in [-0.25, -0.2) is 0 Å². The minimum atomic E-state index is -0.394. The van der Waals surface area contributed by atoms with E-state index in [1.165, 1.54) is 38.5 Å². The highest BCUT2D eigenvalue weighted by Gasteiger charge is 2.30. The SMILES string of the molecule is C[C@@H](OC1CCCCCC1)C(=O)N(C)Cc1nnc(C2CC2)n1C. The van der Waals surface area contributed by atoms with E-state index in [4.69, 9.17) is 4.74 Å². The van der Waals surface area contributed by atoms with Gasteiger partial charge in [0, 0.05) is 20.0 Å². The fourth-order valence-electron chi connectivity index (χ4n) is 3.54. The molecule has 0 aromatic carbocycles. The van der Waals surface area contributed by atoms with Crippen LogP contribution in [0.15, 0.2) is 0 Å². The van der Waals surface area contributed by atoms with E-state index in [0.29, 0.717) is 12.5 Å². The third-order valence-corrected chi connectivity index (χ3v) is 5.24. The number of nitrogens with zero attached hydrogens (tertiary/aromatic N) is 4. The van der Waals surface area contributed by atoms with Crippen molar-refractivity contribution in [3.8, 4) is 0 Å². The molecule has 0 aliphatic heterocycles. The minimum Gasteiger partial charge on any atom is -0.365 e. The topological polar surface area (TPSA) is 60.2 Å². The predicted molar refractivity (Wildman–Crippen MR) is 91.5 cm³/mol. The first-order valence-corrected chi connectivity index (χ1v) is 9.35. The van der Waals surface area contributed by atoms with E-state index in [0.717, 1.165) is 24.5 Å². The quantitative estimate of drug-likeness (QED) is 0.751. The summed E-state index contributed by atoms with van der Waals surface area (Å²) in [6.45, 7) is 2.35. The van der Waals surface area contributed by atoms with Crippen molar-refractivity contribution in [2.45, 2.75) is 83.0 Å². The summed E-state index contributed by atoms with van der Waals surface area (Å²) in [5.41, 5.74) is 0. The summed E-state index contributed by atoms with van der Waals surface area (Å²) in [5, 5.41) is 8.55. The number of carbonyl (C=O) groups is 1. The van der Waals surface area contributed by atoms with E-state index in [9.17, 15) is 4.79 Å². The molecule has 0 radical (unpaired) electrons. The third kappa shape index (κ3) is 4.15. The Labute approximate surface area is 144 Å². The highest BCUT2D eigenvalue weighted by molar-refractivity contribution is 5.80. The largest absolute Gasteiger partial charge is 0.365 e. The van der Waals surface area contributed by atoms with Crippen molar-refractivity contribution in [1.82, 2.24) is 19.7 Å². The lowest BCUT2D eigenvalue weighted by Crippen LogP contribution is -2.38. The van der Waals surface area contributed by atoms with Gasteiger partial charge in [0.1, 0.15) is 11.9 Å². The maximum atomic E-state index is 12.6. The Morgan fingerprint density at radius 2 is 1.88 bits per heavy atom. The molecule has 0 N–H and O–H groups in total. The van der Waals surface area contributed by atoms with Crippen LogP contribution in [0.25, 0.3) is 0 Å². The second kappa shape index (κ2) is 7.64. The molecule has 2 aliphatic carbocycles. The molecule has 0 saturated heterocycles. The van der Waals surface area contributed by atoms with Crippen molar-refractivity contribution in [2.75, 3.05) is 7.05 Å². The minimum absolute atomic E-state index is 0.0234. The van der Waals surface area contributed by atoms with Gasteiger partial charge in [0.05, 0.1) is 12.6 Å². The van der Waals surface area contributed by atoms with Gasteiger partial charge < -0.3 is 14.2 Å². The summed E-state index contributed by atoms with van der Waals surface area (Å²) in [5.74, 6) is 2.48. The number of hydrogen-bond donors (Lipinski definition) is 0. The molecule has 134 valence electrons. The molecular formula is C18H30N4O2. The van der Waals surface area contributed by atoms with Crippen LogP contribution in [0.4, 0.5) is 0 Å². The number of aromatic nitrogens is 3. The van der Waals surface area contributed by atoms with Crippen LogP contribution in [0, 0.1) is 0 Å². The van der Waals surface area contributed by atoms with Crippen LogP contribution in [0.1, 0.15) is 75.9 Å². The van der Waals surface area contributed by atoms with E-state index in [1.54, 1.807) is 4.90 Å². The lowest BCUT2D eigenvalue weighted by Gasteiger charge is -2.25. The third-order valence-electron chi connectivity index (χ3n) is 5.24. The number of carbonyl (C=O) groups excluding carboxylic acids is 1. The molecule has 0 unspecified atom stereocenters. The van der Waals surface area contributed by atoms with Gasteiger partial charge in [-0.2, -0.15) is 0 Å². The molecule has 0 bridgehead atoms. The molecule has 3 rings (SSSR count). The first-order chi connectivity index (χ1) is 11.6. The summed E-state index contributed by atoms with van der Waals surface area (Å²) in [6, 6.07) is 0. The summed E-state index contributed by atoms with van der Waals surface area (Å²) >= 11 is 0. The number of rotatable bonds is 6. The number of ether oxygens (including phenoxy) is 1. The molecular weight excluding hydrogens is 304 g/mol. The number of likely N-dealkylation sites (N-methyl/N-ethyl adjacent to an activating group) is 1. The zero-order valence-electron chi connectivity index (χ0n) is 15.2. The maximum absolute atomic E-state index is 12.6. The monoisotopic (exact) mass is 334 g/mol. The van der Waals surface area contributed by atoms with Crippen LogP contribution < -0.4 is 0 Å². The van der Waals surface area contributed by atoms with E-state index in [-0.39, 0.29) is 12.0 Å². The molecule has 1 heterocycles. The standard InChI is InChI=1S/C18H30N4O2/c1-13(24-15-8-6-4-5-7-9-15)18(23)21(2)12-16-19-20-17(22(16)3)14-10-11-14/h13-15H,4-12H2,1-3H3/t13-/m1/s1. The second-order valence-corrected chi connectivity index (χ2v) is 7.39. The van der Waals surface area contributed by atoms with Gasteiger partial charge in [-0.3, -0.25) is 4.79 Å². The summed E-state index contributed by atoms with van der Waals surface area (Å²) in [7, 11) is 3.81. The Balaban J connectivity index is 1.53. The van der Waals surface area contributed by atoms with E-state index in [1.807, 2.05) is 25.6 Å². The summed E-state index contributed by atoms with van der Waals surface area (Å²) in [6.07, 6.45) is 9.40. The average molecular weight is 334 g/mol. The van der Waals surface area contributed by atoms with Crippen LogP contribution in [0.5, 0.6) is 0 Å². The van der Waals surface area contributed by atoms with Gasteiger partial charge in [-0.15, -0.1) is 10.2 Å². The van der Waals surface area contributed by atoms with Crippen LogP contribution in [-0.2, 0) is 23.1 Å². The van der Waals surface area contributed by atoms with Crippen LogP contribution >= 0.6 is 0 Å². The Morgan fingerprint density at radius 1 is 1.21 bits per heavy atom. The highest BCUT2D eigenvalue weighted by atomic mass is 16.5. The fraction of sp³-hybridized carbons (Fsp3) is 0.833. The van der Waals surface area contributed by atoms with E-state index >= 15 is 0 Å². The van der Waals surface area contributed by atoms with Crippen molar-refractivity contribution in [3.63, 3.8) is 0 Å². The van der Waals surface area contributed by atoms with Gasteiger partial charge in [0.15, 0.2) is 5.82 Å². The van der Waals surface area contributed by atoms with Crippen molar-refractivity contribution in [3.05, 3.63) is 11.6 Å².